The molecule has 30 heavy (non-hydrogen) atoms. The van der Waals surface area contributed by atoms with E-state index in [9.17, 15) is 4.79 Å². The van der Waals surface area contributed by atoms with E-state index in [1.807, 2.05) is 42.6 Å². The first-order valence-electron chi connectivity index (χ1n) is 9.73. The lowest BCUT2D eigenvalue weighted by Gasteiger charge is -2.18. The molecule has 0 aliphatic heterocycles. The molecule has 1 fully saturated rings. The second-order valence-electron chi connectivity index (χ2n) is 7.33. The summed E-state index contributed by atoms with van der Waals surface area (Å²) in [6.07, 6.45) is 3.84. The highest BCUT2D eigenvalue weighted by Crippen LogP contribution is 2.53. The Hall–Kier alpha value is -3.45. The summed E-state index contributed by atoms with van der Waals surface area (Å²) < 4.78 is 10.5. The Morgan fingerprint density at radius 2 is 2.00 bits per heavy atom. The minimum Gasteiger partial charge on any atom is -0.495 e. The molecule has 7 nitrogen and oxygen atoms in total. The maximum Gasteiger partial charge on any atom is 0.259 e. The van der Waals surface area contributed by atoms with E-state index < -0.39 is 0 Å². The number of aromatic nitrogens is 2. The van der Waals surface area contributed by atoms with Crippen LogP contribution in [0.1, 0.15) is 40.2 Å². The van der Waals surface area contributed by atoms with Gasteiger partial charge in [-0.2, -0.15) is 0 Å². The zero-order valence-electron chi connectivity index (χ0n) is 17.0. The predicted molar refractivity (Wildman–Crippen MR) is 115 cm³/mol. The van der Waals surface area contributed by atoms with Gasteiger partial charge in [-0.1, -0.05) is 12.1 Å². The molecule has 0 spiro atoms. The van der Waals surface area contributed by atoms with Gasteiger partial charge in [0.1, 0.15) is 11.6 Å². The number of rotatable bonds is 7. The first-order chi connectivity index (χ1) is 14.6. The lowest BCUT2D eigenvalue weighted by Crippen LogP contribution is -2.17. The Morgan fingerprint density at radius 3 is 2.63 bits per heavy atom. The van der Waals surface area contributed by atoms with Crippen LogP contribution >= 0.6 is 0 Å². The van der Waals surface area contributed by atoms with Gasteiger partial charge in [0.15, 0.2) is 0 Å². The summed E-state index contributed by atoms with van der Waals surface area (Å²) in [6, 6.07) is 15.2. The highest BCUT2D eigenvalue weighted by molar-refractivity contribution is 6.07. The highest BCUT2D eigenvalue weighted by Gasteiger charge is 2.47. The summed E-state index contributed by atoms with van der Waals surface area (Å²) in [5.74, 6) is 0.387. The van der Waals surface area contributed by atoms with Crippen LogP contribution in [0.3, 0.4) is 0 Å². The normalized spacial score (nSPS) is 14.2. The van der Waals surface area contributed by atoms with Crippen LogP contribution < -0.4 is 15.8 Å². The van der Waals surface area contributed by atoms with E-state index in [1.165, 1.54) is 0 Å². The number of carbonyl (C=O) groups is 1. The molecule has 1 amide bonds. The third-order valence-electron chi connectivity index (χ3n) is 5.42. The van der Waals surface area contributed by atoms with E-state index >= 15 is 0 Å². The lowest BCUT2D eigenvalue weighted by molar-refractivity contribution is 0.102. The first-order valence-corrected chi connectivity index (χ1v) is 9.73. The molecule has 154 valence electrons. The fourth-order valence-corrected chi connectivity index (χ4v) is 3.69. The maximum absolute atomic E-state index is 12.9. The summed E-state index contributed by atoms with van der Waals surface area (Å²) >= 11 is 0. The van der Waals surface area contributed by atoms with Crippen LogP contribution in [-0.2, 0) is 16.8 Å². The topological polar surface area (TPSA) is 99.4 Å². The van der Waals surface area contributed by atoms with E-state index in [2.05, 4.69) is 15.3 Å². The van der Waals surface area contributed by atoms with Gasteiger partial charge in [0.05, 0.1) is 36.4 Å². The van der Waals surface area contributed by atoms with Crippen LogP contribution in [0.25, 0.3) is 0 Å². The molecule has 2 aromatic heterocycles. The standard InChI is InChI=1S/C23H24N4O3/c1-29-14-16-7-8-17(21(24)26-16)22(28)27-18-13-15(6-9-19(18)30-2)23(10-11-23)20-5-3-4-12-25-20/h3-9,12-13H,10-11,14H2,1-2H3,(H2,24,26)(H,27,28). The number of nitrogen functional groups attached to an aromatic ring is 1. The third kappa shape index (κ3) is 3.71. The van der Waals surface area contributed by atoms with Crippen molar-refractivity contribution in [1.82, 2.24) is 9.97 Å². The highest BCUT2D eigenvalue weighted by atomic mass is 16.5. The average molecular weight is 404 g/mol. The van der Waals surface area contributed by atoms with Crippen molar-refractivity contribution in [2.24, 2.45) is 0 Å². The smallest absolute Gasteiger partial charge is 0.259 e. The zero-order valence-corrected chi connectivity index (χ0v) is 17.0. The van der Waals surface area contributed by atoms with Gasteiger partial charge in [-0.25, -0.2) is 4.98 Å². The van der Waals surface area contributed by atoms with Gasteiger partial charge in [0, 0.05) is 18.7 Å². The minimum atomic E-state index is -0.345. The van der Waals surface area contributed by atoms with E-state index in [1.54, 1.807) is 26.4 Å². The molecular formula is C23H24N4O3. The van der Waals surface area contributed by atoms with Crippen LogP contribution in [-0.4, -0.2) is 30.1 Å². The van der Waals surface area contributed by atoms with E-state index in [0.717, 1.165) is 24.1 Å². The van der Waals surface area contributed by atoms with Gasteiger partial charge < -0.3 is 20.5 Å². The predicted octanol–water partition coefficient (Wildman–Crippen LogP) is 3.55. The number of anilines is 2. The van der Waals surface area contributed by atoms with Gasteiger partial charge in [-0.15, -0.1) is 0 Å². The van der Waals surface area contributed by atoms with Gasteiger partial charge in [-0.3, -0.25) is 9.78 Å². The Labute approximate surface area is 175 Å². The molecule has 4 rings (SSSR count). The Bertz CT molecular complexity index is 1070. The van der Waals surface area contributed by atoms with Gasteiger partial charge in [0.2, 0.25) is 0 Å². The molecule has 3 aromatic rings. The van der Waals surface area contributed by atoms with Crippen molar-refractivity contribution in [1.29, 1.82) is 0 Å². The van der Waals surface area contributed by atoms with Crippen molar-refractivity contribution in [2.75, 3.05) is 25.3 Å². The quantitative estimate of drug-likeness (QED) is 0.625. The molecule has 3 N–H and O–H groups in total. The molecule has 1 saturated carbocycles. The number of ether oxygens (including phenoxy) is 2. The van der Waals surface area contributed by atoms with E-state index in [-0.39, 0.29) is 17.1 Å². The molecule has 0 radical (unpaired) electrons. The van der Waals surface area contributed by atoms with Crippen molar-refractivity contribution in [2.45, 2.75) is 24.9 Å². The summed E-state index contributed by atoms with van der Waals surface area (Å²) in [5.41, 5.74) is 9.56. The van der Waals surface area contributed by atoms with Crippen molar-refractivity contribution in [3.05, 3.63) is 77.2 Å². The lowest BCUT2D eigenvalue weighted by atomic mass is 9.91. The number of hydrogen-bond donors (Lipinski definition) is 2. The monoisotopic (exact) mass is 404 g/mol. The molecule has 0 atom stereocenters. The van der Waals surface area contributed by atoms with Crippen LogP contribution in [0.2, 0.25) is 0 Å². The first kappa shape index (κ1) is 19.8. The van der Waals surface area contributed by atoms with Crippen molar-refractivity contribution >= 4 is 17.4 Å². The average Bonchev–Trinajstić information content (AvgIpc) is 3.57. The van der Waals surface area contributed by atoms with Crippen LogP contribution in [0.5, 0.6) is 5.75 Å². The second kappa shape index (κ2) is 8.12. The zero-order chi connectivity index (χ0) is 21.1. The summed E-state index contributed by atoms with van der Waals surface area (Å²) in [5, 5.41) is 2.93. The number of benzene rings is 1. The third-order valence-corrected chi connectivity index (χ3v) is 5.42. The fraction of sp³-hybridized carbons (Fsp3) is 0.261. The number of pyridine rings is 2. The SMILES string of the molecule is COCc1ccc(C(=O)Nc2cc(C3(c4ccccn4)CC3)ccc2OC)c(N)n1. The number of nitrogens with one attached hydrogen (secondary N) is 1. The molecule has 0 unspecified atom stereocenters. The molecular weight excluding hydrogens is 380 g/mol. The molecule has 1 aliphatic rings. The number of carbonyl (C=O) groups excluding carboxylic acids is 1. The van der Waals surface area contributed by atoms with Crippen LogP contribution in [0.15, 0.2) is 54.7 Å². The number of nitrogens with zero attached hydrogens (tertiary/aromatic N) is 2. The molecule has 0 saturated heterocycles. The number of nitrogens with two attached hydrogens (primary N) is 1. The van der Waals surface area contributed by atoms with Crippen molar-refractivity contribution < 1.29 is 14.3 Å². The van der Waals surface area contributed by atoms with Crippen molar-refractivity contribution in [3.8, 4) is 5.75 Å². The molecule has 0 bridgehead atoms. The van der Waals surface area contributed by atoms with Gasteiger partial charge in [0.25, 0.3) is 5.91 Å². The van der Waals surface area contributed by atoms with Gasteiger partial charge in [-0.05, 0) is 54.8 Å². The molecule has 7 heteroatoms. The maximum atomic E-state index is 12.9. The fourth-order valence-electron chi connectivity index (χ4n) is 3.69. The molecule has 1 aliphatic carbocycles. The second-order valence-corrected chi connectivity index (χ2v) is 7.33. The Balaban J connectivity index is 1.63. The summed E-state index contributed by atoms with van der Waals surface area (Å²) in [4.78, 5) is 21.7. The summed E-state index contributed by atoms with van der Waals surface area (Å²) in [6.45, 7) is 0.331. The largest absolute Gasteiger partial charge is 0.495 e. The van der Waals surface area contributed by atoms with E-state index in [0.29, 0.717) is 29.3 Å². The van der Waals surface area contributed by atoms with Crippen LogP contribution in [0, 0.1) is 0 Å². The molecule has 1 aromatic carbocycles. The van der Waals surface area contributed by atoms with E-state index in [4.69, 9.17) is 15.2 Å². The molecule has 2 heterocycles. The van der Waals surface area contributed by atoms with Gasteiger partial charge >= 0.3 is 0 Å². The summed E-state index contributed by atoms with van der Waals surface area (Å²) in [7, 11) is 3.15. The number of amides is 1. The van der Waals surface area contributed by atoms with Crippen LogP contribution in [0.4, 0.5) is 11.5 Å². The minimum absolute atomic E-state index is 0.116. The Kier molecular flexibility index (Phi) is 5.37. The number of methoxy groups -OCH3 is 2. The number of hydrogen-bond acceptors (Lipinski definition) is 6. The Morgan fingerprint density at radius 1 is 1.17 bits per heavy atom. The van der Waals surface area contributed by atoms with Crippen molar-refractivity contribution in [3.63, 3.8) is 0 Å².